The van der Waals surface area contributed by atoms with Gasteiger partial charge in [0.1, 0.15) is 5.82 Å². The zero-order valence-electron chi connectivity index (χ0n) is 13.2. The first-order valence-electron chi connectivity index (χ1n) is 7.62. The lowest BCUT2D eigenvalue weighted by atomic mass is 10.2. The number of amides is 1. The number of nitrogens with zero attached hydrogens (tertiary/aromatic N) is 1. The number of aromatic nitrogens is 1. The molecule has 0 aliphatic heterocycles. The van der Waals surface area contributed by atoms with Gasteiger partial charge in [0.15, 0.2) is 0 Å². The fourth-order valence-corrected chi connectivity index (χ4v) is 2.50. The number of rotatable bonds is 5. The van der Waals surface area contributed by atoms with E-state index in [1.54, 1.807) is 30.3 Å². The predicted molar refractivity (Wildman–Crippen MR) is 102 cm³/mol. The van der Waals surface area contributed by atoms with Gasteiger partial charge < -0.3 is 10.6 Å². The lowest BCUT2D eigenvalue weighted by molar-refractivity contribution is 0.102. The van der Waals surface area contributed by atoms with Gasteiger partial charge in [0.2, 0.25) is 0 Å². The fraction of sp³-hybridized carbons (Fsp3) is 0.0526. The summed E-state index contributed by atoms with van der Waals surface area (Å²) >= 11 is 11.8. The zero-order valence-corrected chi connectivity index (χ0v) is 14.7. The van der Waals surface area contributed by atoms with E-state index < -0.39 is 0 Å². The summed E-state index contributed by atoms with van der Waals surface area (Å²) in [7, 11) is 0. The van der Waals surface area contributed by atoms with Crippen LogP contribution in [0.5, 0.6) is 0 Å². The Bertz CT molecular complexity index is 868. The summed E-state index contributed by atoms with van der Waals surface area (Å²) in [4.78, 5) is 16.5. The van der Waals surface area contributed by atoms with Crippen LogP contribution < -0.4 is 10.6 Å². The molecule has 0 saturated heterocycles. The summed E-state index contributed by atoms with van der Waals surface area (Å²) in [5, 5.41) is 6.80. The molecule has 0 radical (unpaired) electrons. The second-order valence-corrected chi connectivity index (χ2v) is 6.17. The van der Waals surface area contributed by atoms with Crippen molar-refractivity contribution in [3.05, 3.63) is 88.0 Å². The van der Waals surface area contributed by atoms with Crippen LogP contribution >= 0.6 is 23.2 Å². The number of carbonyl (C=O) groups is 1. The standard InChI is InChI=1S/C19H15Cl2N3O/c20-16-8-7-15(10-17(16)21)24-19(25)14-6-9-18(23-12-14)22-11-13-4-2-1-3-5-13/h1-10,12H,11H2,(H,22,23)(H,24,25). The van der Waals surface area contributed by atoms with Gasteiger partial charge in [-0.3, -0.25) is 4.79 Å². The topological polar surface area (TPSA) is 54.0 Å². The van der Waals surface area contributed by atoms with Crippen LogP contribution in [0.15, 0.2) is 66.9 Å². The highest BCUT2D eigenvalue weighted by atomic mass is 35.5. The Morgan fingerprint density at radius 3 is 2.44 bits per heavy atom. The number of nitrogens with one attached hydrogen (secondary N) is 2. The molecule has 4 nitrogen and oxygen atoms in total. The van der Waals surface area contributed by atoms with Crippen molar-refractivity contribution < 1.29 is 4.79 Å². The number of carbonyl (C=O) groups excluding carboxylic acids is 1. The van der Waals surface area contributed by atoms with Crippen LogP contribution in [-0.2, 0) is 6.54 Å². The first-order chi connectivity index (χ1) is 12.1. The minimum absolute atomic E-state index is 0.263. The van der Waals surface area contributed by atoms with Crippen molar-refractivity contribution in [2.75, 3.05) is 10.6 Å². The SMILES string of the molecule is O=C(Nc1ccc(Cl)c(Cl)c1)c1ccc(NCc2ccccc2)nc1. The molecule has 6 heteroatoms. The molecule has 1 aromatic heterocycles. The highest BCUT2D eigenvalue weighted by Gasteiger charge is 2.08. The molecule has 0 fully saturated rings. The molecule has 0 aliphatic carbocycles. The molecule has 1 amide bonds. The molecular weight excluding hydrogens is 357 g/mol. The van der Waals surface area contributed by atoms with Crippen molar-refractivity contribution in [1.82, 2.24) is 4.98 Å². The Labute approximate surface area is 155 Å². The summed E-state index contributed by atoms with van der Waals surface area (Å²) in [5.74, 6) is 0.440. The van der Waals surface area contributed by atoms with Gasteiger partial charge in [0.05, 0.1) is 15.6 Å². The predicted octanol–water partition coefficient (Wildman–Crippen LogP) is 5.25. The van der Waals surface area contributed by atoms with Crippen LogP contribution in [0.1, 0.15) is 15.9 Å². The molecule has 25 heavy (non-hydrogen) atoms. The number of hydrogen-bond donors (Lipinski definition) is 2. The molecular formula is C19H15Cl2N3O. The van der Waals surface area contributed by atoms with Crippen LogP contribution in [0.2, 0.25) is 10.0 Å². The average molecular weight is 372 g/mol. The number of halogens is 2. The van der Waals surface area contributed by atoms with Gasteiger partial charge in [-0.1, -0.05) is 53.5 Å². The van der Waals surface area contributed by atoms with Gasteiger partial charge in [0, 0.05) is 18.4 Å². The normalized spacial score (nSPS) is 10.3. The van der Waals surface area contributed by atoms with E-state index in [2.05, 4.69) is 15.6 Å². The largest absolute Gasteiger partial charge is 0.366 e. The third kappa shape index (κ3) is 4.72. The molecule has 3 aromatic rings. The lowest BCUT2D eigenvalue weighted by Crippen LogP contribution is -2.12. The first-order valence-corrected chi connectivity index (χ1v) is 8.38. The molecule has 3 rings (SSSR count). The summed E-state index contributed by atoms with van der Waals surface area (Å²) in [5.41, 5.74) is 2.19. The maximum absolute atomic E-state index is 12.3. The third-order valence-electron chi connectivity index (χ3n) is 3.52. The van der Waals surface area contributed by atoms with E-state index in [1.807, 2.05) is 30.3 Å². The lowest BCUT2D eigenvalue weighted by Gasteiger charge is -2.08. The van der Waals surface area contributed by atoms with E-state index in [9.17, 15) is 4.79 Å². The van der Waals surface area contributed by atoms with Crippen molar-refractivity contribution in [3.63, 3.8) is 0 Å². The van der Waals surface area contributed by atoms with E-state index in [0.29, 0.717) is 33.7 Å². The van der Waals surface area contributed by atoms with Crippen molar-refractivity contribution in [2.24, 2.45) is 0 Å². The minimum Gasteiger partial charge on any atom is -0.366 e. The molecule has 0 atom stereocenters. The van der Waals surface area contributed by atoms with Gasteiger partial charge in [-0.2, -0.15) is 0 Å². The number of hydrogen-bond acceptors (Lipinski definition) is 3. The van der Waals surface area contributed by atoms with Crippen LogP contribution in [0.3, 0.4) is 0 Å². The Kier molecular flexibility index (Phi) is 5.53. The molecule has 2 N–H and O–H groups in total. The van der Waals surface area contributed by atoms with Gasteiger partial charge in [-0.25, -0.2) is 4.98 Å². The molecule has 0 saturated carbocycles. The van der Waals surface area contributed by atoms with Crippen LogP contribution in [0, 0.1) is 0 Å². The van der Waals surface area contributed by atoms with Crippen molar-refractivity contribution >= 4 is 40.6 Å². The number of pyridine rings is 1. The molecule has 0 spiro atoms. The summed E-state index contributed by atoms with van der Waals surface area (Å²) in [6.07, 6.45) is 1.53. The third-order valence-corrected chi connectivity index (χ3v) is 4.26. The zero-order chi connectivity index (χ0) is 17.6. The van der Waals surface area contributed by atoms with Gasteiger partial charge in [-0.15, -0.1) is 0 Å². The smallest absolute Gasteiger partial charge is 0.257 e. The monoisotopic (exact) mass is 371 g/mol. The van der Waals surface area contributed by atoms with E-state index in [-0.39, 0.29) is 5.91 Å². The highest BCUT2D eigenvalue weighted by molar-refractivity contribution is 6.42. The summed E-state index contributed by atoms with van der Waals surface area (Å²) in [6.45, 7) is 0.669. The van der Waals surface area contributed by atoms with Gasteiger partial charge in [0.25, 0.3) is 5.91 Å². The molecule has 126 valence electrons. The number of benzene rings is 2. The van der Waals surface area contributed by atoms with Crippen LogP contribution in [0.4, 0.5) is 11.5 Å². The summed E-state index contributed by atoms with van der Waals surface area (Å²) in [6, 6.07) is 18.4. The van der Waals surface area contributed by atoms with E-state index >= 15 is 0 Å². The second kappa shape index (κ2) is 8.01. The van der Waals surface area contributed by atoms with Gasteiger partial charge >= 0.3 is 0 Å². The van der Waals surface area contributed by atoms with E-state index in [0.717, 1.165) is 5.56 Å². The van der Waals surface area contributed by atoms with Gasteiger partial charge in [-0.05, 0) is 35.9 Å². The Morgan fingerprint density at radius 2 is 1.76 bits per heavy atom. The molecule has 0 aliphatic rings. The maximum Gasteiger partial charge on any atom is 0.257 e. The maximum atomic E-state index is 12.3. The summed E-state index contributed by atoms with van der Waals surface area (Å²) < 4.78 is 0. The van der Waals surface area contributed by atoms with Crippen LogP contribution in [0.25, 0.3) is 0 Å². The quantitative estimate of drug-likeness (QED) is 0.643. The van der Waals surface area contributed by atoms with Crippen molar-refractivity contribution in [1.29, 1.82) is 0 Å². The highest BCUT2D eigenvalue weighted by Crippen LogP contribution is 2.25. The average Bonchev–Trinajstić information content (AvgIpc) is 2.64. The Hall–Kier alpha value is -2.56. The second-order valence-electron chi connectivity index (χ2n) is 5.35. The fourth-order valence-electron chi connectivity index (χ4n) is 2.20. The Balaban J connectivity index is 1.61. The number of anilines is 2. The first kappa shape index (κ1) is 17.3. The molecule has 0 bridgehead atoms. The van der Waals surface area contributed by atoms with Crippen molar-refractivity contribution in [3.8, 4) is 0 Å². The Morgan fingerprint density at radius 1 is 0.960 bits per heavy atom. The van der Waals surface area contributed by atoms with Crippen LogP contribution in [-0.4, -0.2) is 10.9 Å². The van der Waals surface area contributed by atoms with Crippen molar-refractivity contribution in [2.45, 2.75) is 6.54 Å². The minimum atomic E-state index is -0.263. The molecule has 2 aromatic carbocycles. The van der Waals surface area contributed by atoms with E-state index in [4.69, 9.17) is 23.2 Å². The molecule has 0 unspecified atom stereocenters. The van der Waals surface area contributed by atoms with E-state index in [1.165, 1.54) is 6.20 Å². The molecule has 1 heterocycles.